The Bertz CT molecular complexity index is 276. The Balaban J connectivity index is 3.06. The monoisotopic (exact) mass is 248 g/mol. The van der Waals surface area contributed by atoms with Crippen LogP contribution in [0.25, 0.3) is 0 Å². The minimum absolute atomic E-state index is 0.717. The molecule has 1 unspecified atom stereocenters. The lowest BCUT2D eigenvalue weighted by Crippen LogP contribution is -1.97. The SMILES string of the molecule is COc1cc(Br)cc([S+](C)[O-])c1. The summed E-state index contributed by atoms with van der Waals surface area (Å²) in [7, 11) is 1.59. The quantitative estimate of drug-likeness (QED) is 0.752. The molecule has 4 heteroatoms. The molecule has 1 aromatic carbocycles. The molecule has 0 saturated carbocycles. The van der Waals surface area contributed by atoms with Crippen molar-refractivity contribution in [1.29, 1.82) is 0 Å². The van der Waals surface area contributed by atoms with Crippen molar-refractivity contribution >= 4 is 27.1 Å². The molecule has 0 N–H and O–H groups in total. The van der Waals surface area contributed by atoms with Crippen LogP contribution in [0.15, 0.2) is 27.6 Å². The van der Waals surface area contributed by atoms with E-state index < -0.39 is 11.2 Å². The molecule has 12 heavy (non-hydrogen) atoms. The lowest BCUT2D eigenvalue weighted by atomic mass is 10.3. The lowest BCUT2D eigenvalue weighted by Gasteiger charge is -2.06. The molecule has 0 radical (unpaired) electrons. The van der Waals surface area contributed by atoms with Crippen molar-refractivity contribution in [3.05, 3.63) is 22.7 Å². The standard InChI is InChI=1S/C8H9BrO2S/c1-11-7-3-6(9)4-8(5-7)12(2)10/h3-5H,1-2H3. The first-order valence-electron chi connectivity index (χ1n) is 3.31. The highest BCUT2D eigenvalue weighted by atomic mass is 79.9. The topological polar surface area (TPSA) is 32.3 Å². The number of methoxy groups -OCH3 is 1. The molecular formula is C8H9BrO2S. The maximum atomic E-state index is 11.1. The average Bonchev–Trinajstić information content (AvgIpc) is 2.03. The first-order valence-corrected chi connectivity index (χ1v) is 5.66. The van der Waals surface area contributed by atoms with E-state index in [1.165, 1.54) is 0 Å². The maximum Gasteiger partial charge on any atom is 0.157 e. The number of benzene rings is 1. The third-order valence-corrected chi connectivity index (χ3v) is 2.77. The summed E-state index contributed by atoms with van der Waals surface area (Å²) < 4.78 is 17.0. The Labute approximate surface area is 83.2 Å². The molecule has 0 spiro atoms. The van der Waals surface area contributed by atoms with Crippen LogP contribution in [0.3, 0.4) is 0 Å². The van der Waals surface area contributed by atoms with Crippen LogP contribution in [0, 0.1) is 0 Å². The molecule has 0 aliphatic carbocycles. The second-order valence-electron chi connectivity index (χ2n) is 2.28. The molecular weight excluding hydrogens is 240 g/mol. The van der Waals surface area contributed by atoms with Crippen molar-refractivity contribution in [1.82, 2.24) is 0 Å². The largest absolute Gasteiger partial charge is 0.612 e. The van der Waals surface area contributed by atoms with E-state index >= 15 is 0 Å². The first kappa shape index (κ1) is 9.89. The van der Waals surface area contributed by atoms with E-state index in [0.717, 1.165) is 15.1 Å². The molecule has 0 aromatic heterocycles. The van der Waals surface area contributed by atoms with Crippen LogP contribution in [-0.2, 0) is 11.2 Å². The van der Waals surface area contributed by atoms with Gasteiger partial charge in [0, 0.05) is 16.6 Å². The van der Waals surface area contributed by atoms with Crippen molar-refractivity contribution < 1.29 is 9.29 Å². The summed E-state index contributed by atoms with van der Waals surface area (Å²) in [6.07, 6.45) is 1.64. The molecule has 1 rings (SSSR count). The summed E-state index contributed by atoms with van der Waals surface area (Å²) in [6, 6.07) is 5.41. The predicted octanol–water partition coefficient (Wildman–Crippen LogP) is 2.20. The zero-order chi connectivity index (χ0) is 9.14. The average molecular weight is 249 g/mol. The molecule has 0 aliphatic heterocycles. The Morgan fingerprint density at radius 3 is 2.58 bits per heavy atom. The molecule has 2 nitrogen and oxygen atoms in total. The number of rotatable bonds is 2. The van der Waals surface area contributed by atoms with Gasteiger partial charge in [-0.25, -0.2) is 0 Å². The highest BCUT2D eigenvalue weighted by Crippen LogP contribution is 2.23. The molecule has 0 saturated heterocycles. The highest BCUT2D eigenvalue weighted by molar-refractivity contribution is 9.10. The summed E-state index contributed by atoms with van der Waals surface area (Å²) in [5.74, 6) is 0.717. The molecule has 0 amide bonds. The zero-order valence-corrected chi connectivity index (χ0v) is 9.24. The van der Waals surface area contributed by atoms with Gasteiger partial charge in [-0.15, -0.1) is 0 Å². The Morgan fingerprint density at radius 1 is 1.42 bits per heavy atom. The van der Waals surface area contributed by atoms with Gasteiger partial charge in [-0.3, -0.25) is 0 Å². The number of ether oxygens (including phenoxy) is 1. The number of hydrogen-bond donors (Lipinski definition) is 0. The van der Waals surface area contributed by atoms with Crippen LogP contribution in [0.4, 0.5) is 0 Å². The Kier molecular flexibility index (Phi) is 3.43. The van der Waals surface area contributed by atoms with Gasteiger partial charge in [0.1, 0.15) is 12.0 Å². The smallest absolute Gasteiger partial charge is 0.157 e. The zero-order valence-electron chi connectivity index (χ0n) is 6.83. The molecule has 0 heterocycles. The summed E-state index contributed by atoms with van der Waals surface area (Å²) in [5, 5.41) is 0. The van der Waals surface area contributed by atoms with Crippen LogP contribution in [0.2, 0.25) is 0 Å². The van der Waals surface area contributed by atoms with Crippen molar-refractivity contribution in [3.63, 3.8) is 0 Å². The van der Waals surface area contributed by atoms with Crippen LogP contribution in [-0.4, -0.2) is 17.9 Å². The summed E-state index contributed by atoms with van der Waals surface area (Å²) in [6.45, 7) is 0. The second-order valence-corrected chi connectivity index (χ2v) is 4.58. The molecule has 1 atom stereocenters. The van der Waals surface area contributed by atoms with Gasteiger partial charge in [-0.05, 0) is 17.2 Å². The lowest BCUT2D eigenvalue weighted by molar-refractivity contribution is 0.413. The maximum absolute atomic E-state index is 11.1. The van der Waals surface area contributed by atoms with Gasteiger partial charge in [0.2, 0.25) is 0 Å². The van der Waals surface area contributed by atoms with E-state index in [0.29, 0.717) is 0 Å². The van der Waals surface area contributed by atoms with Crippen LogP contribution in [0.5, 0.6) is 5.75 Å². The van der Waals surface area contributed by atoms with E-state index in [1.807, 2.05) is 12.1 Å². The minimum atomic E-state index is -0.961. The number of halogens is 1. The van der Waals surface area contributed by atoms with Crippen molar-refractivity contribution in [2.45, 2.75) is 4.90 Å². The fourth-order valence-corrected chi connectivity index (χ4v) is 2.02. The van der Waals surface area contributed by atoms with E-state index in [9.17, 15) is 4.55 Å². The van der Waals surface area contributed by atoms with E-state index in [1.54, 1.807) is 19.4 Å². The Hall–Kier alpha value is -0.190. The van der Waals surface area contributed by atoms with E-state index in [-0.39, 0.29) is 0 Å². The van der Waals surface area contributed by atoms with Crippen LogP contribution in [0.1, 0.15) is 0 Å². The third kappa shape index (κ3) is 2.40. The van der Waals surface area contributed by atoms with Gasteiger partial charge >= 0.3 is 0 Å². The van der Waals surface area contributed by atoms with Gasteiger partial charge in [-0.2, -0.15) is 0 Å². The van der Waals surface area contributed by atoms with Gasteiger partial charge in [-0.1, -0.05) is 15.9 Å². The normalized spacial score (nSPS) is 12.7. The number of hydrogen-bond acceptors (Lipinski definition) is 2. The van der Waals surface area contributed by atoms with Crippen molar-refractivity contribution in [3.8, 4) is 5.75 Å². The van der Waals surface area contributed by atoms with E-state index in [2.05, 4.69) is 15.9 Å². The third-order valence-electron chi connectivity index (χ3n) is 1.41. The minimum Gasteiger partial charge on any atom is -0.612 e. The van der Waals surface area contributed by atoms with Gasteiger partial charge in [0.25, 0.3) is 0 Å². The Morgan fingerprint density at radius 2 is 2.08 bits per heavy atom. The van der Waals surface area contributed by atoms with Gasteiger partial charge in [0.05, 0.1) is 7.11 Å². The van der Waals surface area contributed by atoms with Gasteiger partial charge in [0.15, 0.2) is 4.90 Å². The predicted molar refractivity (Wildman–Crippen MR) is 53.0 cm³/mol. The van der Waals surface area contributed by atoms with Gasteiger partial charge < -0.3 is 9.29 Å². The molecule has 66 valence electrons. The summed E-state index contributed by atoms with van der Waals surface area (Å²) >= 11 is 2.35. The van der Waals surface area contributed by atoms with Crippen molar-refractivity contribution in [2.75, 3.05) is 13.4 Å². The van der Waals surface area contributed by atoms with E-state index in [4.69, 9.17) is 4.74 Å². The second kappa shape index (κ2) is 4.16. The van der Waals surface area contributed by atoms with Crippen molar-refractivity contribution in [2.24, 2.45) is 0 Å². The summed E-state index contributed by atoms with van der Waals surface area (Å²) in [5.41, 5.74) is 0. The van der Waals surface area contributed by atoms with Crippen LogP contribution >= 0.6 is 15.9 Å². The first-order chi connectivity index (χ1) is 5.63. The highest BCUT2D eigenvalue weighted by Gasteiger charge is 2.07. The molecule has 0 aliphatic rings. The van der Waals surface area contributed by atoms with Crippen LogP contribution < -0.4 is 4.74 Å². The molecule has 0 fully saturated rings. The molecule has 0 bridgehead atoms. The fourth-order valence-electron chi connectivity index (χ4n) is 0.821. The molecule has 1 aromatic rings. The fraction of sp³-hybridized carbons (Fsp3) is 0.250. The summed E-state index contributed by atoms with van der Waals surface area (Å²) in [4.78, 5) is 0.765.